The van der Waals surface area contributed by atoms with Crippen molar-refractivity contribution in [2.24, 2.45) is 5.92 Å². The molecule has 0 unspecified atom stereocenters. The molecule has 3 aromatic heterocycles. The van der Waals surface area contributed by atoms with Gasteiger partial charge in [0.05, 0.1) is 12.6 Å². The molecule has 2 aliphatic rings. The lowest BCUT2D eigenvalue weighted by Crippen LogP contribution is -2.45. The maximum atomic E-state index is 13.1. The smallest absolute Gasteiger partial charge is 0.266 e. The zero-order valence-electron chi connectivity index (χ0n) is 17.2. The Hall–Kier alpha value is -3.54. The van der Waals surface area contributed by atoms with Crippen LogP contribution < -0.4 is 4.90 Å². The number of rotatable bonds is 4. The van der Waals surface area contributed by atoms with E-state index in [1.165, 1.54) is 0 Å². The van der Waals surface area contributed by atoms with Crippen molar-refractivity contribution in [1.82, 2.24) is 19.4 Å². The van der Waals surface area contributed by atoms with E-state index in [-0.39, 0.29) is 17.5 Å². The minimum Gasteiger partial charge on any atom is -0.459 e. The Kier molecular flexibility index (Phi) is 5.20. The highest BCUT2D eigenvalue weighted by Gasteiger charge is 2.33. The van der Waals surface area contributed by atoms with Crippen LogP contribution in [0.1, 0.15) is 37.4 Å². The molecule has 3 aromatic rings. The van der Waals surface area contributed by atoms with E-state index in [2.05, 4.69) is 20.6 Å². The van der Waals surface area contributed by atoms with Crippen molar-refractivity contribution in [3.63, 3.8) is 0 Å². The normalized spacial score (nSPS) is 18.3. The van der Waals surface area contributed by atoms with Gasteiger partial charge in [-0.25, -0.2) is 4.98 Å². The fourth-order valence-corrected chi connectivity index (χ4v) is 4.56. The minimum atomic E-state index is 0.0130. The van der Waals surface area contributed by atoms with Crippen LogP contribution in [-0.2, 0) is 4.79 Å². The van der Waals surface area contributed by atoms with E-state index in [1.54, 1.807) is 24.6 Å². The van der Waals surface area contributed by atoms with Crippen LogP contribution in [-0.4, -0.2) is 51.5 Å². The van der Waals surface area contributed by atoms with Crippen LogP contribution in [0.4, 0.5) is 5.88 Å². The van der Waals surface area contributed by atoms with Gasteiger partial charge >= 0.3 is 0 Å². The maximum Gasteiger partial charge on any atom is 0.266 e. The van der Waals surface area contributed by atoms with Crippen molar-refractivity contribution in [3.05, 3.63) is 42.8 Å². The van der Waals surface area contributed by atoms with Crippen molar-refractivity contribution in [2.45, 2.75) is 31.7 Å². The van der Waals surface area contributed by atoms with Crippen LogP contribution >= 0.6 is 0 Å². The van der Waals surface area contributed by atoms with Gasteiger partial charge in [0.2, 0.25) is 17.5 Å². The number of aromatic nitrogens is 3. The van der Waals surface area contributed by atoms with Gasteiger partial charge in [-0.05, 0) is 37.8 Å². The van der Waals surface area contributed by atoms with Gasteiger partial charge in [-0.15, -0.1) is 0 Å². The summed E-state index contributed by atoms with van der Waals surface area (Å²) in [7, 11) is 0. The zero-order chi connectivity index (χ0) is 21.2. The lowest BCUT2D eigenvalue weighted by atomic mass is 9.93. The fraction of sp³-hybridized carbons (Fsp3) is 0.455. The van der Waals surface area contributed by atoms with Gasteiger partial charge in [0.25, 0.3) is 5.89 Å². The summed E-state index contributed by atoms with van der Waals surface area (Å²) in [4.78, 5) is 25.5. The summed E-state index contributed by atoms with van der Waals surface area (Å²) in [6.07, 6.45) is 10.6. The third kappa shape index (κ3) is 3.81. The van der Waals surface area contributed by atoms with Crippen LogP contribution in [0.5, 0.6) is 0 Å². The molecule has 2 saturated heterocycles. The number of piperidine rings is 2. The Morgan fingerprint density at radius 2 is 1.97 bits per heavy atom. The van der Waals surface area contributed by atoms with E-state index >= 15 is 0 Å². The Balaban J connectivity index is 1.18. The Morgan fingerprint density at radius 3 is 2.61 bits per heavy atom. The summed E-state index contributed by atoms with van der Waals surface area (Å²) in [6, 6.07) is 6.03. The Bertz CT molecular complexity index is 1050. The summed E-state index contributed by atoms with van der Waals surface area (Å²) in [5.74, 6) is 1.51. The predicted molar refractivity (Wildman–Crippen MR) is 111 cm³/mol. The lowest BCUT2D eigenvalue weighted by molar-refractivity contribution is -0.137. The zero-order valence-corrected chi connectivity index (χ0v) is 17.2. The monoisotopic (exact) mass is 420 g/mol. The molecule has 31 heavy (non-hydrogen) atoms. The van der Waals surface area contributed by atoms with E-state index in [9.17, 15) is 10.1 Å². The molecule has 0 N–H and O–H groups in total. The summed E-state index contributed by atoms with van der Waals surface area (Å²) >= 11 is 0. The SMILES string of the molecule is N#Cc1nc(-c2ccco2)oc1N1CCC(C(=O)N2CCC(n3ccnc3)CC2)CC1. The van der Waals surface area contributed by atoms with E-state index in [4.69, 9.17) is 8.83 Å². The Labute approximate surface area is 179 Å². The lowest BCUT2D eigenvalue weighted by Gasteiger charge is -2.37. The molecule has 0 radical (unpaired) electrons. The summed E-state index contributed by atoms with van der Waals surface area (Å²) in [6.45, 7) is 2.89. The average molecular weight is 420 g/mol. The van der Waals surface area contributed by atoms with Crippen molar-refractivity contribution in [3.8, 4) is 17.7 Å². The first-order valence-corrected chi connectivity index (χ1v) is 10.7. The molecule has 5 rings (SSSR count). The molecule has 0 aliphatic carbocycles. The largest absolute Gasteiger partial charge is 0.459 e. The average Bonchev–Trinajstić information content (AvgIpc) is 3.60. The van der Waals surface area contributed by atoms with Crippen LogP contribution in [0.25, 0.3) is 11.7 Å². The number of nitriles is 1. The number of carbonyl (C=O) groups excluding carboxylic acids is 1. The van der Waals surface area contributed by atoms with Gasteiger partial charge in [-0.3, -0.25) is 4.79 Å². The highest BCUT2D eigenvalue weighted by atomic mass is 16.4. The molecule has 0 atom stereocenters. The quantitative estimate of drug-likeness (QED) is 0.639. The molecule has 160 valence electrons. The molecule has 1 amide bonds. The van der Waals surface area contributed by atoms with Gasteiger partial charge in [0.1, 0.15) is 6.07 Å². The number of nitrogens with zero attached hydrogens (tertiary/aromatic N) is 6. The third-order valence-corrected chi connectivity index (χ3v) is 6.30. The van der Waals surface area contributed by atoms with E-state index in [1.807, 2.05) is 22.3 Å². The third-order valence-electron chi connectivity index (χ3n) is 6.30. The molecule has 2 aliphatic heterocycles. The minimum absolute atomic E-state index is 0.0130. The molecule has 0 saturated carbocycles. The van der Waals surface area contributed by atoms with Gasteiger partial charge in [-0.1, -0.05) is 0 Å². The molecule has 9 heteroatoms. The number of furan rings is 1. The molecule has 5 heterocycles. The predicted octanol–water partition coefficient (Wildman–Crippen LogP) is 3.08. The molecule has 2 fully saturated rings. The molecule has 0 bridgehead atoms. The number of hydrogen-bond acceptors (Lipinski definition) is 7. The van der Waals surface area contributed by atoms with Crippen LogP contribution in [0, 0.1) is 17.2 Å². The maximum absolute atomic E-state index is 13.1. The molecule has 9 nitrogen and oxygen atoms in total. The molecular formula is C22H24N6O3. The first-order valence-electron chi connectivity index (χ1n) is 10.7. The van der Waals surface area contributed by atoms with Gasteiger partial charge in [-0.2, -0.15) is 10.2 Å². The highest BCUT2D eigenvalue weighted by molar-refractivity contribution is 5.79. The number of anilines is 1. The van der Waals surface area contributed by atoms with Crippen LogP contribution in [0.2, 0.25) is 0 Å². The second-order valence-electron chi connectivity index (χ2n) is 8.09. The standard InChI is InChI=1S/C22H24N6O3/c23-14-18-22(31-20(25-18)19-2-1-13-30-19)27-8-3-16(4-9-27)21(29)26-10-5-17(6-11-26)28-12-7-24-15-28/h1-2,7,12-13,15-17H,3-6,8-11H2. The number of likely N-dealkylation sites (tertiary alicyclic amines) is 1. The second kappa shape index (κ2) is 8.30. The molecule has 0 spiro atoms. The number of imidazole rings is 1. The van der Waals surface area contributed by atoms with Crippen molar-refractivity contribution in [2.75, 3.05) is 31.1 Å². The summed E-state index contributed by atoms with van der Waals surface area (Å²) in [5, 5.41) is 9.46. The van der Waals surface area contributed by atoms with Gasteiger partial charge < -0.3 is 23.2 Å². The van der Waals surface area contributed by atoms with Crippen molar-refractivity contribution < 1.29 is 13.6 Å². The first-order chi connectivity index (χ1) is 15.2. The molecule has 0 aromatic carbocycles. The van der Waals surface area contributed by atoms with Crippen LogP contribution in [0.3, 0.4) is 0 Å². The summed E-state index contributed by atoms with van der Waals surface area (Å²) < 4.78 is 13.3. The van der Waals surface area contributed by atoms with E-state index < -0.39 is 0 Å². The van der Waals surface area contributed by atoms with Crippen molar-refractivity contribution in [1.29, 1.82) is 5.26 Å². The molecular weight excluding hydrogens is 396 g/mol. The highest BCUT2D eigenvalue weighted by Crippen LogP contribution is 2.32. The van der Waals surface area contributed by atoms with Crippen LogP contribution in [0.15, 0.2) is 46.0 Å². The number of oxazole rings is 1. The fourth-order valence-electron chi connectivity index (χ4n) is 4.56. The van der Waals surface area contributed by atoms with Crippen molar-refractivity contribution >= 4 is 11.8 Å². The number of amides is 1. The second-order valence-corrected chi connectivity index (χ2v) is 8.09. The Morgan fingerprint density at radius 1 is 1.16 bits per heavy atom. The van der Waals surface area contributed by atoms with Gasteiger partial charge in [0, 0.05) is 50.5 Å². The number of carbonyl (C=O) groups is 1. The van der Waals surface area contributed by atoms with Gasteiger partial charge in [0.15, 0.2) is 5.76 Å². The first kappa shape index (κ1) is 19.4. The topological polar surface area (TPSA) is 104 Å². The van der Waals surface area contributed by atoms with E-state index in [0.717, 1.165) is 38.8 Å². The van der Waals surface area contributed by atoms with E-state index in [0.29, 0.717) is 36.7 Å². The summed E-state index contributed by atoms with van der Waals surface area (Å²) in [5.41, 5.74) is 0.248. The number of hydrogen-bond donors (Lipinski definition) is 0.